The zero-order chi connectivity index (χ0) is 11.0. The van der Waals surface area contributed by atoms with Crippen LogP contribution in [0.3, 0.4) is 0 Å². The lowest BCUT2D eigenvalue weighted by Gasteiger charge is -2.22. The average molecular weight is 231 g/mol. The van der Waals surface area contributed by atoms with E-state index in [1.165, 1.54) is 12.8 Å². The van der Waals surface area contributed by atoms with Gasteiger partial charge in [0.15, 0.2) is 0 Å². The zero-order valence-electron chi connectivity index (χ0n) is 10.3. The smallest absolute Gasteiger partial charge is 0.108 e. The normalized spacial score (nSPS) is 14.9. The standard InChI is InChI=1S/C11H25NSSi/c1-6-8-11(10-12-9-7-2)13-14(3,4)5/h9,11H,6-8,10H2,1-5H3/b12-9+. The summed E-state index contributed by atoms with van der Waals surface area (Å²) in [5.41, 5.74) is 0. The maximum Gasteiger partial charge on any atom is 0.108 e. The second-order valence-electron chi connectivity index (χ2n) is 4.60. The highest BCUT2D eigenvalue weighted by Crippen LogP contribution is 2.27. The molecule has 0 spiro atoms. The summed E-state index contributed by atoms with van der Waals surface area (Å²) in [5.74, 6) is 0. The van der Waals surface area contributed by atoms with E-state index in [1.807, 2.05) is 6.21 Å². The van der Waals surface area contributed by atoms with Crippen molar-refractivity contribution in [2.45, 2.75) is 58.0 Å². The number of hydrogen-bond donors (Lipinski definition) is 0. The molecule has 0 aliphatic carbocycles. The quantitative estimate of drug-likeness (QED) is 0.472. The Labute approximate surface area is 94.4 Å². The third-order valence-corrected chi connectivity index (χ3v) is 6.30. The van der Waals surface area contributed by atoms with Crippen molar-refractivity contribution in [2.24, 2.45) is 4.99 Å². The molecule has 14 heavy (non-hydrogen) atoms. The minimum absolute atomic E-state index is 0.759. The summed E-state index contributed by atoms with van der Waals surface area (Å²) in [7, 11) is -0.975. The van der Waals surface area contributed by atoms with Gasteiger partial charge in [-0.1, -0.05) is 39.9 Å². The van der Waals surface area contributed by atoms with Crippen LogP contribution < -0.4 is 0 Å². The third-order valence-electron chi connectivity index (χ3n) is 1.75. The molecule has 0 aromatic rings. The maximum atomic E-state index is 4.47. The van der Waals surface area contributed by atoms with Crippen molar-refractivity contribution >= 4 is 24.6 Å². The lowest BCUT2D eigenvalue weighted by molar-refractivity contribution is 0.747. The molecule has 0 aliphatic heterocycles. The molecular formula is C11H25NSSi. The van der Waals surface area contributed by atoms with Crippen molar-refractivity contribution in [3.8, 4) is 0 Å². The Morgan fingerprint density at radius 3 is 2.36 bits per heavy atom. The first-order valence-electron chi connectivity index (χ1n) is 5.65. The number of hydrogen-bond acceptors (Lipinski definition) is 2. The van der Waals surface area contributed by atoms with Crippen molar-refractivity contribution in [1.29, 1.82) is 0 Å². The van der Waals surface area contributed by atoms with E-state index in [-0.39, 0.29) is 0 Å². The van der Waals surface area contributed by atoms with Crippen LogP contribution in [0.1, 0.15) is 33.1 Å². The SMILES string of the molecule is CC/C=N/CC(CCC)S[Si](C)(C)C. The largest absolute Gasteiger partial charge is 0.296 e. The maximum absolute atomic E-state index is 4.47. The minimum Gasteiger partial charge on any atom is -0.296 e. The molecule has 1 nitrogen and oxygen atoms in total. The Morgan fingerprint density at radius 2 is 1.93 bits per heavy atom. The van der Waals surface area contributed by atoms with Gasteiger partial charge in [-0.05, 0) is 19.1 Å². The fourth-order valence-corrected chi connectivity index (χ4v) is 6.42. The van der Waals surface area contributed by atoms with Crippen molar-refractivity contribution in [3.05, 3.63) is 0 Å². The van der Waals surface area contributed by atoms with E-state index in [9.17, 15) is 0 Å². The van der Waals surface area contributed by atoms with Gasteiger partial charge in [-0.15, -0.1) is 0 Å². The molecule has 1 unspecified atom stereocenters. The molecule has 0 saturated carbocycles. The van der Waals surface area contributed by atoms with Crippen LogP contribution in [0.2, 0.25) is 19.6 Å². The van der Waals surface area contributed by atoms with E-state index in [0.717, 1.165) is 18.2 Å². The molecular weight excluding hydrogens is 206 g/mol. The van der Waals surface area contributed by atoms with Gasteiger partial charge in [-0.2, -0.15) is 11.2 Å². The van der Waals surface area contributed by atoms with Crippen molar-refractivity contribution in [2.75, 3.05) is 6.54 Å². The molecule has 3 heteroatoms. The molecule has 0 fully saturated rings. The molecule has 0 bridgehead atoms. The highest BCUT2D eigenvalue weighted by molar-refractivity contribution is 8.29. The van der Waals surface area contributed by atoms with Gasteiger partial charge in [0.2, 0.25) is 0 Å². The fraction of sp³-hybridized carbons (Fsp3) is 0.909. The molecule has 0 heterocycles. The van der Waals surface area contributed by atoms with Gasteiger partial charge in [0.25, 0.3) is 0 Å². The lowest BCUT2D eigenvalue weighted by Crippen LogP contribution is -2.22. The summed E-state index contributed by atoms with van der Waals surface area (Å²) in [5, 5.41) is 0.759. The van der Waals surface area contributed by atoms with Crippen molar-refractivity contribution in [1.82, 2.24) is 0 Å². The summed E-state index contributed by atoms with van der Waals surface area (Å²) in [6.07, 6.45) is 5.71. The molecule has 0 amide bonds. The first-order valence-corrected chi connectivity index (χ1v) is 10.8. The summed E-state index contributed by atoms with van der Waals surface area (Å²) in [6, 6.07) is 0. The van der Waals surface area contributed by atoms with E-state index in [1.54, 1.807) is 0 Å². The monoisotopic (exact) mass is 231 g/mol. The predicted octanol–water partition coefficient (Wildman–Crippen LogP) is 4.20. The topological polar surface area (TPSA) is 12.4 Å². The van der Waals surface area contributed by atoms with Crippen LogP contribution in [0, 0.1) is 0 Å². The van der Waals surface area contributed by atoms with Gasteiger partial charge in [0, 0.05) is 11.8 Å². The van der Waals surface area contributed by atoms with E-state index in [2.05, 4.69) is 49.7 Å². The molecule has 1 atom stereocenters. The number of aliphatic imine (C=N–C) groups is 1. The highest BCUT2D eigenvalue weighted by atomic mass is 32.4. The summed E-state index contributed by atoms with van der Waals surface area (Å²) >= 11 is 2.20. The van der Waals surface area contributed by atoms with E-state index >= 15 is 0 Å². The Kier molecular flexibility index (Phi) is 7.65. The van der Waals surface area contributed by atoms with Crippen LogP contribution in [-0.2, 0) is 0 Å². The second kappa shape index (κ2) is 7.52. The van der Waals surface area contributed by atoms with Gasteiger partial charge < -0.3 is 0 Å². The van der Waals surface area contributed by atoms with Crippen LogP contribution in [-0.4, -0.2) is 25.2 Å². The predicted molar refractivity (Wildman–Crippen MR) is 73.3 cm³/mol. The highest BCUT2D eigenvalue weighted by Gasteiger charge is 2.19. The van der Waals surface area contributed by atoms with Gasteiger partial charge >= 0.3 is 0 Å². The molecule has 0 saturated heterocycles. The third kappa shape index (κ3) is 8.82. The average Bonchev–Trinajstić information content (AvgIpc) is 2.02. The summed E-state index contributed by atoms with van der Waals surface area (Å²) < 4.78 is 0. The number of nitrogens with zero attached hydrogens (tertiary/aromatic N) is 1. The second-order valence-corrected chi connectivity index (χ2v) is 14.1. The summed E-state index contributed by atoms with van der Waals surface area (Å²) in [4.78, 5) is 4.47. The molecule has 0 N–H and O–H groups in total. The van der Waals surface area contributed by atoms with E-state index < -0.39 is 7.22 Å². The fourth-order valence-electron chi connectivity index (χ4n) is 1.33. The molecule has 84 valence electrons. The van der Waals surface area contributed by atoms with E-state index in [0.29, 0.717) is 0 Å². The van der Waals surface area contributed by atoms with Gasteiger partial charge in [-0.25, -0.2) is 0 Å². The van der Waals surface area contributed by atoms with Crippen molar-refractivity contribution in [3.63, 3.8) is 0 Å². The van der Waals surface area contributed by atoms with Crippen LogP contribution in [0.25, 0.3) is 0 Å². The Hall–Kier alpha value is 0.237. The Bertz CT molecular complexity index is 163. The van der Waals surface area contributed by atoms with Gasteiger partial charge in [-0.3, -0.25) is 4.99 Å². The number of rotatable bonds is 7. The molecule has 0 aromatic carbocycles. The molecule has 0 aliphatic rings. The van der Waals surface area contributed by atoms with Crippen molar-refractivity contribution < 1.29 is 0 Å². The molecule has 0 radical (unpaired) electrons. The first-order chi connectivity index (χ1) is 6.49. The van der Waals surface area contributed by atoms with Crippen LogP contribution in [0.15, 0.2) is 4.99 Å². The van der Waals surface area contributed by atoms with Crippen LogP contribution >= 0.6 is 11.2 Å². The van der Waals surface area contributed by atoms with E-state index in [4.69, 9.17) is 0 Å². The van der Waals surface area contributed by atoms with Crippen LogP contribution in [0.4, 0.5) is 0 Å². The van der Waals surface area contributed by atoms with Gasteiger partial charge in [0.1, 0.15) is 7.22 Å². The molecule has 0 rings (SSSR count). The lowest BCUT2D eigenvalue weighted by atomic mass is 10.2. The Morgan fingerprint density at radius 1 is 1.29 bits per heavy atom. The van der Waals surface area contributed by atoms with Crippen LogP contribution in [0.5, 0.6) is 0 Å². The Balaban J connectivity index is 3.95. The zero-order valence-corrected chi connectivity index (χ0v) is 12.2. The minimum atomic E-state index is -0.975. The first kappa shape index (κ1) is 14.2. The summed E-state index contributed by atoms with van der Waals surface area (Å²) in [6.45, 7) is 12.7. The van der Waals surface area contributed by atoms with Gasteiger partial charge in [0.05, 0.1) is 0 Å². The molecule has 0 aromatic heterocycles.